The largest absolute Gasteiger partial charge is 0.419 e. The molecule has 18 heavy (non-hydrogen) atoms. The zero-order chi connectivity index (χ0) is 13.3. The summed E-state index contributed by atoms with van der Waals surface area (Å²) in [4.78, 5) is 22.6. The van der Waals surface area contributed by atoms with E-state index in [4.69, 9.17) is 10.2 Å². The summed E-state index contributed by atoms with van der Waals surface area (Å²) in [6, 6.07) is 4.82. The molecule has 0 fully saturated rings. The van der Waals surface area contributed by atoms with Crippen molar-refractivity contribution in [2.75, 3.05) is 7.05 Å². The quantitative estimate of drug-likeness (QED) is 0.816. The lowest BCUT2D eigenvalue weighted by Gasteiger charge is -2.10. The number of benzene rings is 1. The Morgan fingerprint density at radius 2 is 2.28 bits per heavy atom. The summed E-state index contributed by atoms with van der Waals surface area (Å²) in [5.74, 6) is -0.536. The molecule has 6 heteroatoms. The Hall–Kier alpha value is -2.08. The fourth-order valence-electron chi connectivity index (χ4n) is 1.79. The van der Waals surface area contributed by atoms with Gasteiger partial charge in [0, 0.05) is 26.6 Å². The van der Waals surface area contributed by atoms with E-state index in [0.717, 1.165) is 5.56 Å². The first-order valence-corrected chi connectivity index (χ1v) is 5.58. The Kier molecular flexibility index (Phi) is 3.20. The number of hydrogen-bond acceptors (Lipinski definition) is 4. The van der Waals surface area contributed by atoms with Crippen LogP contribution < -0.4 is 16.8 Å². The van der Waals surface area contributed by atoms with E-state index in [1.54, 1.807) is 32.3 Å². The minimum atomic E-state index is -0.415. The van der Waals surface area contributed by atoms with Crippen LogP contribution in [0.5, 0.6) is 0 Å². The smallest absolute Gasteiger partial charge is 0.408 e. The maximum atomic E-state index is 11.3. The van der Waals surface area contributed by atoms with Crippen LogP contribution in [0.1, 0.15) is 18.0 Å². The number of hydrogen-bond donors (Lipinski definition) is 2. The highest BCUT2D eigenvalue weighted by Gasteiger charge is 2.13. The van der Waals surface area contributed by atoms with Crippen LogP contribution in [0.3, 0.4) is 0 Å². The SMILES string of the molecule is CNC(=O)CC(N)c1ccc2oc(=O)n(C)c2c1. The fourth-order valence-corrected chi connectivity index (χ4v) is 1.79. The molecule has 0 aliphatic rings. The number of amides is 1. The molecule has 0 spiro atoms. The molecule has 0 saturated heterocycles. The van der Waals surface area contributed by atoms with E-state index in [0.29, 0.717) is 11.1 Å². The molecule has 0 saturated carbocycles. The molecule has 96 valence electrons. The molecule has 0 aliphatic heterocycles. The summed E-state index contributed by atoms with van der Waals surface area (Å²) in [6.07, 6.45) is 0.202. The second-order valence-electron chi connectivity index (χ2n) is 4.14. The van der Waals surface area contributed by atoms with Crippen molar-refractivity contribution in [1.29, 1.82) is 0 Å². The van der Waals surface area contributed by atoms with E-state index < -0.39 is 11.8 Å². The van der Waals surface area contributed by atoms with Gasteiger partial charge in [0.2, 0.25) is 5.91 Å². The minimum Gasteiger partial charge on any atom is -0.408 e. The Balaban J connectivity index is 2.37. The average Bonchev–Trinajstić information content (AvgIpc) is 2.64. The number of rotatable bonds is 3. The number of aryl methyl sites for hydroxylation is 1. The highest BCUT2D eigenvalue weighted by molar-refractivity contribution is 5.77. The normalized spacial score (nSPS) is 12.6. The molecule has 1 unspecified atom stereocenters. The van der Waals surface area contributed by atoms with Crippen LogP contribution >= 0.6 is 0 Å². The van der Waals surface area contributed by atoms with Gasteiger partial charge in [0.25, 0.3) is 0 Å². The van der Waals surface area contributed by atoms with E-state index >= 15 is 0 Å². The Labute approximate surface area is 103 Å². The fraction of sp³-hybridized carbons (Fsp3) is 0.333. The molecule has 0 bridgehead atoms. The third-order valence-electron chi connectivity index (χ3n) is 2.93. The summed E-state index contributed by atoms with van der Waals surface area (Å²) in [5, 5.41) is 2.53. The summed E-state index contributed by atoms with van der Waals surface area (Å²) >= 11 is 0. The number of nitrogens with two attached hydrogens (primary N) is 1. The first kappa shape index (κ1) is 12.4. The standard InChI is InChI=1S/C12H15N3O3/c1-14-11(16)6-8(13)7-3-4-10-9(5-7)15(2)12(17)18-10/h3-5,8H,6,13H2,1-2H3,(H,14,16). The number of nitrogens with one attached hydrogen (secondary N) is 1. The average molecular weight is 249 g/mol. The minimum absolute atomic E-state index is 0.122. The van der Waals surface area contributed by atoms with Crippen molar-refractivity contribution in [1.82, 2.24) is 9.88 Å². The predicted octanol–water partition coefficient (Wildman–Crippen LogP) is 0.267. The molecule has 1 heterocycles. The number of carbonyl (C=O) groups excluding carboxylic acids is 1. The maximum Gasteiger partial charge on any atom is 0.419 e. The van der Waals surface area contributed by atoms with Crippen molar-refractivity contribution in [3.8, 4) is 0 Å². The summed E-state index contributed by atoms with van der Waals surface area (Å²) in [7, 11) is 3.19. The molecule has 1 aromatic heterocycles. The number of oxazole rings is 1. The van der Waals surface area contributed by atoms with Gasteiger partial charge in [0.15, 0.2) is 5.58 Å². The molecule has 6 nitrogen and oxygen atoms in total. The van der Waals surface area contributed by atoms with Crippen molar-refractivity contribution >= 4 is 17.0 Å². The van der Waals surface area contributed by atoms with Gasteiger partial charge in [-0.25, -0.2) is 4.79 Å². The van der Waals surface area contributed by atoms with Crippen LogP contribution in [-0.4, -0.2) is 17.5 Å². The molecule has 2 rings (SSSR count). The van der Waals surface area contributed by atoms with Crippen molar-refractivity contribution in [3.05, 3.63) is 34.3 Å². The maximum absolute atomic E-state index is 11.3. The van der Waals surface area contributed by atoms with Gasteiger partial charge in [-0.1, -0.05) is 6.07 Å². The topological polar surface area (TPSA) is 90.3 Å². The van der Waals surface area contributed by atoms with Crippen molar-refractivity contribution < 1.29 is 9.21 Å². The lowest BCUT2D eigenvalue weighted by molar-refractivity contribution is -0.120. The lowest BCUT2D eigenvalue weighted by atomic mass is 10.0. The molecule has 0 aliphatic carbocycles. The van der Waals surface area contributed by atoms with Crippen molar-refractivity contribution in [2.24, 2.45) is 12.8 Å². The Morgan fingerprint density at radius 1 is 1.56 bits per heavy atom. The molecule has 1 amide bonds. The number of nitrogens with zero attached hydrogens (tertiary/aromatic N) is 1. The number of aromatic nitrogens is 1. The van der Waals surface area contributed by atoms with Gasteiger partial charge in [0.05, 0.1) is 5.52 Å². The third-order valence-corrected chi connectivity index (χ3v) is 2.93. The third kappa shape index (κ3) is 2.14. The van der Waals surface area contributed by atoms with Crippen LogP contribution in [0.25, 0.3) is 11.1 Å². The van der Waals surface area contributed by atoms with E-state index in [2.05, 4.69) is 5.32 Å². The molecule has 1 atom stereocenters. The van der Waals surface area contributed by atoms with Gasteiger partial charge in [-0.05, 0) is 17.7 Å². The van der Waals surface area contributed by atoms with Gasteiger partial charge in [-0.15, -0.1) is 0 Å². The summed E-state index contributed by atoms with van der Waals surface area (Å²) < 4.78 is 6.43. The van der Waals surface area contributed by atoms with Crippen LogP contribution in [-0.2, 0) is 11.8 Å². The van der Waals surface area contributed by atoms with E-state index in [1.165, 1.54) is 4.57 Å². The lowest BCUT2D eigenvalue weighted by Crippen LogP contribution is -2.24. The summed E-state index contributed by atoms with van der Waals surface area (Å²) in [6.45, 7) is 0. The molecular formula is C12H15N3O3. The van der Waals surface area contributed by atoms with E-state index in [1.807, 2.05) is 0 Å². The van der Waals surface area contributed by atoms with Gasteiger partial charge < -0.3 is 15.5 Å². The highest BCUT2D eigenvalue weighted by atomic mass is 16.4. The zero-order valence-corrected chi connectivity index (χ0v) is 10.3. The number of carbonyl (C=O) groups is 1. The molecule has 0 radical (unpaired) electrons. The van der Waals surface area contributed by atoms with E-state index in [9.17, 15) is 9.59 Å². The highest BCUT2D eigenvalue weighted by Crippen LogP contribution is 2.20. The van der Waals surface area contributed by atoms with Crippen LogP contribution in [0.15, 0.2) is 27.4 Å². The van der Waals surface area contributed by atoms with Crippen LogP contribution in [0.2, 0.25) is 0 Å². The van der Waals surface area contributed by atoms with Crippen LogP contribution in [0.4, 0.5) is 0 Å². The monoisotopic (exact) mass is 249 g/mol. The first-order valence-electron chi connectivity index (χ1n) is 5.58. The molecule has 1 aromatic carbocycles. The van der Waals surface area contributed by atoms with Gasteiger partial charge >= 0.3 is 5.76 Å². The van der Waals surface area contributed by atoms with Crippen molar-refractivity contribution in [3.63, 3.8) is 0 Å². The van der Waals surface area contributed by atoms with Gasteiger partial charge in [-0.2, -0.15) is 0 Å². The van der Waals surface area contributed by atoms with Crippen LogP contribution in [0, 0.1) is 0 Å². The Bertz CT molecular complexity index is 642. The predicted molar refractivity (Wildman–Crippen MR) is 67.1 cm³/mol. The van der Waals surface area contributed by atoms with Gasteiger partial charge in [0.1, 0.15) is 0 Å². The number of fused-ring (bicyclic) bond motifs is 1. The zero-order valence-electron chi connectivity index (χ0n) is 10.3. The first-order chi connectivity index (χ1) is 8.52. The Morgan fingerprint density at radius 3 is 2.94 bits per heavy atom. The second-order valence-corrected chi connectivity index (χ2v) is 4.14. The molecule has 2 aromatic rings. The molecular weight excluding hydrogens is 234 g/mol. The second kappa shape index (κ2) is 4.66. The summed E-state index contributed by atoms with van der Waals surface area (Å²) in [5.41, 5.74) is 7.92. The van der Waals surface area contributed by atoms with Gasteiger partial charge in [-0.3, -0.25) is 9.36 Å². The molecule has 3 N–H and O–H groups in total. The van der Waals surface area contributed by atoms with Crippen molar-refractivity contribution in [2.45, 2.75) is 12.5 Å². The van der Waals surface area contributed by atoms with E-state index in [-0.39, 0.29) is 12.3 Å².